The fraction of sp³-hybridized carbons (Fsp3) is 0.241. The number of benzene rings is 2. The molecule has 0 saturated carbocycles. The lowest BCUT2D eigenvalue weighted by molar-refractivity contribution is 0.0932. The van der Waals surface area contributed by atoms with Gasteiger partial charge in [0.25, 0.3) is 0 Å². The van der Waals surface area contributed by atoms with E-state index in [1.54, 1.807) is 44.5 Å². The molecule has 0 radical (unpaired) electrons. The number of aromatic amines is 1. The molecule has 8 heteroatoms. The minimum Gasteiger partial charge on any atom is -0.497 e. The van der Waals surface area contributed by atoms with Crippen molar-refractivity contribution in [3.8, 4) is 5.75 Å². The summed E-state index contributed by atoms with van der Waals surface area (Å²) in [6.45, 7) is 1.63. The lowest BCUT2D eigenvalue weighted by Crippen LogP contribution is -2.20. The topological polar surface area (TPSA) is 89.1 Å². The summed E-state index contributed by atoms with van der Waals surface area (Å²) in [5.41, 5.74) is 4.51. The number of fused-ring (bicyclic) bond motifs is 3. The number of ketones is 1. The molecule has 2 aromatic heterocycles. The van der Waals surface area contributed by atoms with Gasteiger partial charge in [0.2, 0.25) is 0 Å². The number of halogens is 1. The van der Waals surface area contributed by atoms with Gasteiger partial charge in [-0.25, -0.2) is 13.4 Å². The lowest BCUT2D eigenvalue weighted by Gasteiger charge is -2.22. The second-order valence-electron chi connectivity index (χ2n) is 9.15. The van der Waals surface area contributed by atoms with Gasteiger partial charge in [0.1, 0.15) is 11.4 Å². The molecule has 2 heterocycles. The van der Waals surface area contributed by atoms with E-state index >= 15 is 0 Å². The second-order valence-corrected chi connectivity index (χ2v) is 11.9. The molecule has 2 aromatic carbocycles. The molecule has 37 heavy (non-hydrogen) atoms. The Bertz CT molecular complexity index is 1620. The molecule has 5 rings (SSSR count). The number of allylic oxidation sites excluding steroid dienone is 1. The summed E-state index contributed by atoms with van der Waals surface area (Å²) in [7, 11) is -1.75. The fourth-order valence-electron chi connectivity index (χ4n) is 4.85. The normalized spacial score (nSPS) is 15.5. The van der Waals surface area contributed by atoms with E-state index in [0.717, 1.165) is 35.1 Å². The number of carbonyl (C=O) groups is 1. The summed E-state index contributed by atoms with van der Waals surface area (Å²) >= 11 is 6.26. The number of ether oxygens (including phenoxy) is 1. The number of pyridine rings is 1. The number of aromatic nitrogens is 2. The van der Waals surface area contributed by atoms with Gasteiger partial charge < -0.3 is 9.72 Å². The van der Waals surface area contributed by atoms with E-state index in [4.69, 9.17) is 16.3 Å². The Morgan fingerprint density at radius 1 is 1.11 bits per heavy atom. The standard InChI is InChI=1S/C29H27ClN2O4S/c1-3-37(34,35)23-9-5-7-19(14-23)24-15-20(8-4-6-18-10-12-22(36-2)13-11-18)28(33)27-26(24)25-16-21(30)17-31-29(25)32-27/h5,7,9-17,20H,3-4,6,8H2,1-2H3,(H,31,32). The van der Waals surface area contributed by atoms with Gasteiger partial charge in [0, 0.05) is 23.1 Å². The predicted octanol–water partition coefficient (Wildman–Crippen LogP) is 6.29. The van der Waals surface area contributed by atoms with Crippen molar-refractivity contribution in [2.45, 2.75) is 31.1 Å². The lowest BCUT2D eigenvalue weighted by atomic mass is 9.81. The van der Waals surface area contributed by atoms with Crippen LogP contribution in [-0.4, -0.2) is 37.0 Å². The van der Waals surface area contributed by atoms with Gasteiger partial charge in [0.05, 0.1) is 28.5 Å². The van der Waals surface area contributed by atoms with Crippen molar-refractivity contribution >= 4 is 43.8 Å². The van der Waals surface area contributed by atoms with Crippen molar-refractivity contribution in [1.29, 1.82) is 0 Å². The van der Waals surface area contributed by atoms with Crippen LogP contribution in [-0.2, 0) is 16.3 Å². The van der Waals surface area contributed by atoms with Gasteiger partial charge in [0.15, 0.2) is 15.6 Å². The van der Waals surface area contributed by atoms with Gasteiger partial charge in [-0.15, -0.1) is 0 Å². The summed E-state index contributed by atoms with van der Waals surface area (Å²) in [6.07, 6.45) is 5.82. The Labute approximate surface area is 221 Å². The van der Waals surface area contributed by atoms with Crippen LogP contribution in [0.25, 0.3) is 16.6 Å². The van der Waals surface area contributed by atoms with Crippen molar-refractivity contribution in [2.24, 2.45) is 5.92 Å². The second kappa shape index (κ2) is 10.1. The highest BCUT2D eigenvalue weighted by molar-refractivity contribution is 7.91. The first kappa shape index (κ1) is 25.2. The van der Waals surface area contributed by atoms with Crippen molar-refractivity contribution in [2.75, 3.05) is 12.9 Å². The van der Waals surface area contributed by atoms with Crippen LogP contribution >= 0.6 is 11.6 Å². The van der Waals surface area contributed by atoms with Crippen molar-refractivity contribution < 1.29 is 17.9 Å². The molecule has 0 fully saturated rings. The zero-order valence-corrected chi connectivity index (χ0v) is 22.2. The van der Waals surface area contributed by atoms with Crippen LogP contribution in [0.5, 0.6) is 5.75 Å². The molecule has 1 aliphatic carbocycles. The van der Waals surface area contributed by atoms with Crippen LogP contribution < -0.4 is 4.74 Å². The average Bonchev–Trinajstić information content (AvgIpc) is 3.29. The van der Waals surface area contributed by atoms with Crippen molar-refractivity contribution in [1.82, 2.24) is 9.97 Å². The van der Waals surface area contributed by atoms with E-state index < -0.39 is 9.84 Å². The molecule has 0 bridgehead atoms. The van der Waals surface area contributed by atoms with E-state index in [1.165, 1.54) is 5.56 Å². The van der Waals surface area contributed by atoms with Gasteiger partial charge >= 0.3 is 0 Å². The summed E-state index contributed by atoms with van der Waals surface area (Å²) < 4.78 is 30.4. The van der Waals surface area contributed by atoms with E-state index in [2.05, 4.69) is 9.97 Å². The van der Waals surface area contributed by atoms with Crippen molar-refractivity contribution in [3.05, 3.63) is 94.3 Å². The molecule has 1 atom stereocenters. The minimum atomic E-state index is -3.39. The van der Waals surface area contributed by atoms with E-state index in [9.17, 15) is 13.2 Å². The number of aryl methyl sites for hydroxylation is 1. The Balaban J connectivity index is 1.53. The first-order valence-corrected chi connectivity index (χ1v) is 14.2. The summed E-state index contributed by atoms with van der Waals surface area (Å²) in [6, 6.07) is 16.7. The molecular weight excluding hydrogens is 508 g/mol. The highest BCUT2D eigenvalue weighted by Crippen LogP contribution is 2.40. The van der Waals surface area contributed by atoms with Crippen LogP contribution in [0.3, 0.4) is 0 Å². The highest BCUT2D eigenvalue weighted by atomic mass is 35.5. The first-order valence-electron chi connectivity index (χ1n) is 12.2. The Morgan fingerprint density at radius 2 is 1.89 bits per heavy atom. The van der Waals surface area contributed by atoms with Crippen LogP contribution in [0.4, 0.5) is 0 Å². The van der Waals surface area contributed by atoms with E-state index in [1.807, 2.05) is 36.4 Å². The number of hydrogen-bond acceptors (Lipinski definition) is 5. The Hall–Kier alpha value is -3.42. The largest absolute Gasteiger partial charge is 0.497 e. The minimum absolute atomic E-state index is 0.0000577. The number of rotatable bonds is 8. The number of sulfone groups is 1. The average molecular weight is 535 g/mol. The summed E-state index contributed by atoms with van der Waals surface area (Å²) in [4.78, 5) is 21.5. The quantitative estimate of drug-likeness (QED) is 0.287. The highest BCUT2D eigenvalue weighted by Gasteiger charge is 2.32. The molecule has 6 nitrogen and oxygen atoms in total. The van der Waals surface area contributed by atoms with E-state index in [-0.39, 0.29) is 22.3 Å². The maximum absolute atomic E-state index is 13.6. The fourth-order valence-corrected chi connectivity index (χ4v) is 5.94. The molecule has 1 aliphatic rings. The van der Waals surface area contributed by atoms with Gasteiger partial charge in [-0.1, -0.05) is 48.9 Å². The number of carbonyl (C=O) groups excluding carboxylic acids is 1. The molecule has 190 valence electrons. The SMILES string of the molecule is CCS(=O)(=O)c1cccc(C2=CC(CCCc3ccc(OC)cc3)C(=O)c3[nH]c4ncc(Cl)cc4c32)c1. The van der Waals surface area contributed by atoms with Gasteiger partial charge in [-0.2, -0.15) is 0 Å². The first-order chi connectivity index (χ1) is 17.8. The summed E-state index contributed by atoms with van der Waals surface area (Å²) in [5, 5.41) is 1.20. The van der Waals surface area contributed by atoms with E-state index in [0.29, 0.717) is 28.3 Å². The number of hydrogen-bond donors (Lipinski definition) is 1. The third-order valence-corrected chi connectivity index (χ3v) is 8.80. The Kier molecular flexibility index (Phi) is 6.92. The number of Topliss-reactive ketones (excluding diaryl/α,β-unsaturated/α-hetero) is 1. The summed E-state index contributed by atoms with van der Waals surface area (Å²) in [5.74, 6) is 0.474. The molecule has 4 aromatic rings. The third-order valence-electron chi connectivity index (χ3n) is 6.86. The smallest absolute Gasteiger partial charge is 0.186 e. The maximum Gasteiger partial charge on any atom is 0.186 e. The van der Waals surface area contributed by atoms with Crippen LogP contribution in [0, 0.1) is 5.92 Å². The predicted molar refractivity (Wildman–Crippen MR) is 146 cm³/mol. The molecule has 0 aliphatic heterocycles. The molecule has 1 unspecified atom stereocenters. The zero-order valence-electron chi connectivity index (χ0n) is 20.6. The zero-order chi connectivity index (χ0) is 26.2. The van der Waals surface area contributed by atoms with Crippen LogP contribution in [0.1, 0.15) is 46.9 Å². The number of nitrogens with one attached hydrogen (secondary N) is 1. The van der Waals surface area contributed by atoms with Crippen LogP contribution in [0.2, 0.25) is 5.02 Å². The Morgan fingerprint density at radius 3 is 2.62 bits per heavy atom. The van der Waals surface area contributed by atoms with Gasteiger partial charge in [-0.3, -0.25) is 4.79 Å². The molecule has 0 amide bonds. The monoisotopic (exact) mass is 534 g/mol. The van der Waals surface area contributed by atoms with Crippen LogP contribution in [0.15, 0.2) is 71.8 Å². The molecule has 0 saturated heterocycles. The molecule has 0 spiro atoms. The van der Waals surface area contributed by atoms with Gasteiger partial charge in [-0.05, 0) is 66.3 Å². The number of H-pyrrole nitrogens is 1. The molecular formula is C29H27ClN2O4S. The number of methoxy groups -OCH3 is 1. The van der Waals surface area contributed by atoms with Crippen molar-refractivity contribution in [3.63, 3.8) is 0 Å². The third kappa shape index (κ3) is 4.93. The number of nitrogens with zero attached hydrogens (tertiary/aromatic N) is 1. The maximum atomic E-state index is 13.6. The molecule has 1 N–H and O–H groups in total.